The molecule has 2 amide bonds. The van der Waals surface area contributed by atoms with Crippen molar-refractivity contribution >= 4 is 11.8 Å². The minimum Gasteiger partial charge on any atom is -0.508 e. The van der Waals surface area contributed by atoms with E-state index in [0.717, 1.165) is 87.0 Å². The van der Waals surface area contributed by atoms with Crippen molar-refractivity contribution in [1.82, 2.24) is 10.6 Å². The summed E-state index contributed by atoms with van der Waals surface area (Å²) in [7, 11) is 0. The van der Waals surface area contributed by atoms with Gasteiger partial charge in [0.05, 0.1) is 18.2 Å². The fourth-order valence-electron chi connectivity index (χ4n) is 14.1. The van der Waals surface area contributed by atoms with Crippen LogP contribution in [-0.4, -0.2) is 77.5 Å². The largest absolute Gasteiger partial charge is 0.508 e. The van der Waals surface area contributed by atoms with Crippen LogP contribution in [0.15, 0.2) is 285 Å². The third-order valence-corrected chi connectivity index (χ3v) is 20.4. The Labute approximate surface area is 700 Å². The summed E-state index contributed by atoms with van der Waals surface area (Å²) >= 11 is 0. The zero-order valence-electron chi connectivity index (χ0n) is 66.5. The molecule has 22 nitrogen and oxygen atoms in total. The van der Waals surface area contributed by atoms with Crippen LogP contribution in [0.4, 0.5) is 0 Å². The molecule has 0 radical (unpaired) electrons. The Hall–Kier alpha value is -14.6. The van der Waals surface area contributed by atoms with Gasteiger partial charge in [-0.3, -0.25) is 9.59 Å². The lowest BCUT2D eigenvalue weighted by Gasteiger charge is -2.36. The Morgan fingerprint density at radius 3 is 1.03 bits per heavy atom. The number of fused-ring (bicyclic) bond motifs is 2. The zero-order valence-corrected chi connectivity index (χ0v) is 66.5. The van der Waals surface area contributed by atoms with Gasteiger partial charge in [0.1, 0.15) is 87.2 Å². The molecule has 0 saturated carbocycles. The molecule has 13 aromatic rings. The van der Waals surface area contributed by atoms with Gasteiger partial charge in [0.15, 0.2) is 57.5 Å². The van der Waals surface area contributed by atoms with Gasteiger partial charge >= 0.3 is 0 Å². The molecule has 1 saturated heterocycles. The summed E-state index contributed by atoms with van der Waals surface area (Å²) in [5, 5.41) is 84.5. The number of rotatable bonds is 27. The number of amides is 2. The van der Waals surface area contributed by atoms with Crippen molar-refractivity contribution in [3.05, 3.63) is 363 Å². The number of aryl methyl sites for hydroxylation is 1. The molecule has 3 aliphatic rings. The third-order valence-electron chi connectivity index (χ3n) is 20.4. The number of benzene rings is 13. The number of hydrogen-bond acceptors (Lipinski definition) is 20. The number of hydrogen-bond donors (Lipinski definition) is 10. The summed E-state index contributed by atoms with van der Waals surface area (Å²) in [4.78, 5) is 28.3. The Morgan fingerprint density at radius 1 is 0.355 bits per heavy atom. The summed E-state index contributed by atoms with van der Waals surface area (Å²) in [6.07, 6.45) is 1.52. The van der Waals surface area contributed by atoms with E-state index in [1.165, 1.54) is 18.9 Å². The van der Waals surface area contributed by atoms with Crippen molar-refractivity contribution in [2.45, 2.75) is 116 Å². The quantitative estimate of drug-likeness (QED) is 0.0214. The Bertz CT molecular complexity index is 5480. The van der Waals surface area contributed by atoms with Crippen molar-refractivity contribution in [2.24, 2.45) is 0 Å². The highest BCUT2D eigenvalue weighted by Crippen LogP contribution is 2.50. The molecule has 22 heteroatoms. The number of carbonyl (C=O) groups is 2. The van der Waals surface area contributed by atoms with Crippen LogP contribution in [0.25, 0.3) is 0 Å². The van der Waals surface area contributed by atoms with Gasteiger partial charge in [0.25, 0.3) is 11.8 Å². The predicted molar refractivity (Wildman–Crippen MR) is 453 cm³/mol. The standard InChI is InChI=1S/C72H63NO9.C22H19NO10.C5H10O/c1-51-37-63(75-44-52-23-9-2-10-24-52)61-43-62(73-72(74)60-41-67(78-47-55-29-15-5-16-30-55)71(81-50-58-35-21-8-22-36-58)68(42-60)79-48-56-31-17-6-18-32-56)69(82-64(61)38-51)59-39-65(76-45-53-25-11-3-12-26-53)70(80-49-57-33-19-7-20-34-57)66(40-59)77-46-54-27-13-4-14-28-54;24-10-5-13(25)11-7-12(23-22(32)9-3-16(28)20(31)17(29)4-9)21(33-18(11)6-10)8-1-14(26)19(30)15(27)2-8;1-5-3-2-4-6-5/h2-42,62,69H,43-50H2,1H3,(H,73,74);1-6,12,21,24-31H,7H2,(H,23,32);5H,2-4H2,1H3/t62-,69-;12-,21-;/m11./s1. The molecule has 618 valence electrons. The SMILES string of the molecule is CC1CCCO1.Cc1cc(OCc2ccccc2)c2c(c1)O[C@H](c1cc(OCc3ccccc3)c(OCc3ccccc3)c(OCc3ccccc3)c1)[C@H](NC(=O)c1cc(OCc3ccccc3)c(OCc3ccccc3)c(OCc3ccccc3)c1)C2.O=C(N[C@@H]1Cc2c(O)cc(O)cc2O[C@@H]1c1cc(O)c(O)c(O)c1)c1cc(O)c(O)c(O)c1. The monoisotopic (exact) mass is 1630 g/mol. The van der Waals surface area contributed by atoms with E-state index in [0.29, 0.717) is 70.7 Å². The van der Waals surface area contributed by atoms with E-state index in [9.17, 15) is 45.6 Å². The molecule has 3 aliphatic heterocycles. The molecule has 10 N–H and O–H groups in total. The molecule has 0 aromatic heterocycles. The van der Waals surface area contributed by atoms with Crippen molar-refractivity contribution in [3.8, 4) is 97.7 Å². The first-order valence-electron chi connectivity index (χ1n) is 39.7. The van der Waals surface area contributed by atoms with Crippen molar-refractivity contribution in [1.29, 1.82) is 0 Å². The van der Waals surface area contributed by atoms with Gasteiger partial charge in [0, 0.05) is 65.0 Å². The normalized spacial score (nSPS) is 15.4. The zero-order chi connectivity index (χ0) is 84.1. The van der Waals surface area contributed by atoms with E-state index in [2.05, 4.69) is 17.6 Å². The van der Waals surface area contributed by atoms with Crippen LogP contribution in [-0.2, 0) is 63.8 Å². The topological polar surface area (TPSA) is 312 Å². The molecule has 121 heavy (non-hydrogen) atoms. The number of nitrogens with one attached hydrogen (secondary N) is 2. The molecule has 5 atom stereocenters. The molecule has 1 fully saturated rings. The summed E-state index contributed by atoms with van der Waals surface area (Å²) < 4.78 is 65.1. The first kappa shape index (κ1) is 82.9. The van der Waals surface area contributed by atoms with Gasteiger partial charge < -0.3 is 98.9 Å². The lowest BCUT2D eigenvalue weighted by atomic mass is 9.90. The van der Waals surface area contributed by atoms with Crippen LogP contribution in [0.5, 0.6) is 97.7 Å². The maximum atomic E-state index is 15.5. The molecule has 13 aromatic carbocycles. The number of phenolic OH excluding ortho intramolecular Hbond substituents is 8. The van der Waals surface area contributed by atoms with Crippen molar-refractivity contribution in [2.75, 3.05) is 6.61 Å². The first-order valence-corrected chi connectivity index (χ1v) is 39.7. The molecule has 0 bridgehead atoms. The minimum absolute atomic E-state index is 0.0176. The molecule has 16 rings (SSSR count). The van der Waals surface area contributed by atoms with Crippen molar-refractivity contribution < 1.29 is 97.8 Å². The van der Waals surface area contributed by atoms with E-state index in [1.54, 1.807) is 12.1 Å². The van der Waals surface area contributed by atoms with E-state index in [1.807, 2.05) is 244 Å². The average Bonchev–Trinajstić information content (AvgIpc) is 1.05. The summed E-state index contributed by atoms with van der Waals surface area (Å²) in [6, 6.07) is 85.9. The number of carbonyl (C=O) groups excluding carboxylic acids is 2. The van der Waals surface area contributed by atoms with Crippen LogP contribution in [0, 0.1) is 6.92 Å². The fraction of sp³-hybridized carbons (Fsp3) is 0.192. The van der Waals surface area contributed by atoms with E-state index in [4.69, 9.17) is 47.4 Å². The maximum Gasteiger partial charge on any atom is 0.251 e. The lowest BCUT2D eigenvalue weighted by molar-refractivity contribution is 0.0830. The minimum atomic E-state index is -1.07. The summed E-state index contributed by atoms with van der Waals surface area (Å²) in [5.41, 5.74) is 9.72. The third kappa shape index (κ3) is 21.8. The molecular formula is C99H92N2O20. The van der Waals surface area contributed by atoms with Crippen molar-refractivity contribution in [3.63, 3.8) is 0 Å². The number of phenols is 8. The van der Waals surface area contributed by atoms with Crippen LogP contribution in [0.2, 0.25) is 0 Å². The number of ether oxygens (including phenoxy) is 10. The molecule has 1 unspecified atom stereocenters. The molecule has 0 aliphatic carbocycles. The Morgan fingerprint density at radius 2 is 0.678 bits per heavy atom. The van der Waals surface area contributed by atoms with E-state index in [-0.39, 0.29) is 85.6 Å². The van der Waals surface area contributed by atoms with Gasteiger partial charge in [-0.1, -0.05) is 212 Å². The lowest BCUT2D eigenvalue weighted by Crippen LogP contribution is -2.45. The first-order chi connectivity index (χ1) is 58.9. The van der Waals surface area contributed by atoms with Crippen LogP contribution >= 0.6 is 0 Å². The predicted octanol–water partition coefficient (Wildman–Crippen LogP) is 18.5. The number of aromatic hydroxyl groups is 8. The van der Waals surface area contributed by atoms with Crippen LogP contribution < -0.4 is 53.3 Å². The summed E-state index contributed by atoms with van der Waals surface area (Å²) in [5.74, 6) is -2.24. The van der Waals surface area contributed by atoms with Gasteiger partial charge in [-0.05, 0) is 132 Å². The second-order valence-corrected chi connectivity index (χ2v) is 29.5. The van der Waals surface area contributed by atoms with Crippen LogP contribution in [0.3, 0.4) is 0 Å². The molecule has 0 spiro atoms. The second-order valence-electron chi connectivity index (χ2n) is 29.5. The maximum absolute atomic E-state index is 15.5. The van der Waals surface area contributed by atoms with E-state index < -0.39 is 70.6 Å². The average molecular weight is 1630 g/mol. The summed E-state index contributed by atoms with van der Waals surface area (Å²) in [6.45, 7) is 6.85. The molecule has 3 heterocycles. The Kier molecular flexibility index (Phi) is 27.1. The van der Waals surface area contributed by atoms with Gasteiger partial charge in [-0.25, -0.2) is 0 Å². The highest BCUT2D eigenvalue weighted by atomic mass is 16.6. The molecular weight excluding hydrogens is 1540 g/mol. The smallest absolute Gasteiger partial charge is 0.251 e. The van der Waals surface area contributed by atoms with Gasteiger partial charge in [-0.15, -0.1) is 0 Å². The highest BCUT2D eigenvalue weighted by Gasteiger charge is 2.39. The highest BCUT2D eigenvalue weighted by molar-refractivity contribution is 5.96. The fourth-order valence-corrected chi connectivity index (χ4v) is 14.1. The van der Waals surface area contributed by atoms with Crippen LogP contribution in [0.1, 0.15) is 119 Å². The Balaban J connectivity index is 0.000000252. The van der Waals surface area contributed by atoms with E-state index >= 15 is 4.79 Å². The van der Waals surface area contributed by atoms with Gasteiger partial charge in [-0.2, -0.15) is 0 Å². The van der Waals surface area contributed by atoms with Gasteiger partial charge in [0.2, 0.25) is 11.5 Å². The second kappa shape index (κ2) is 39.5.